The molecule has 0 N–H and O–H groups in total. The second kappa shape index (κ2) is 6.72. The van der Waals surface area contributed by atoms with E-state index < -0.39 is 0 Å². The largest absolute Gasteiger partial charge is 0.469 e. The number of nitrogens with zero attached hydrogens (tertiary/aromatic N) is 5. The third-order valence-corrected chi connectivity index (χ3v) is 3.98. The van der Waals surface area contributed by atoms with Crippen LogP contribution >= 0.6 is 0 Å². The van der Waals surface area contributed by atoms with Gasteiger partial charge in [-0.05, 0) is 24.3 Å². The van der Waals surface area contributed by atoms with Gasteiger partial charge < -0.3 is 4.74 Å². The summed E-state index contributed by atoms with van der Waals surface area (Å²) in [5.74, 6) is 0.121. The van der Waals surface area contributed by atoms with Gasteiger partial charge in [0.15, 0.2) is 5.82 Å². The number of pyridine rings is 2. The SMILES string of the molecule is COC(=O)Cc1nc2ccccn2c1N=Nc1cccc2cccnc12. The number of hydrogen-bond donors (Lipinski definition) is 0. The number of hydrogen-bond acceptors (Lipinski definition) is 6. The molecule has 0 spiro atoms. The molecule has 0 radical (unpaired) electrons. The Morgan fingerprint density at radius 3 is 2.88 bits per heavy atom. The zero-order chi connectivity index (χ0) is 17.9. The third kappa shape index (κ3) is 2.90. The van der Waals surface area contributed by atoms with E-state index in [1.54, 1.807) is 10.6 Å². The fourth-order valence-electron chi connectivity index (χ4n) is 2.73. The van der Waals surface area contributed by atoms with Crippen LogP contribution < -0.4 is 0 Å². The number of methoxy groups -OCH3 is 1. The highest BCUT2D eigenvalue weighted by Crippen LogP contribution is 2.28. The van der Waals surface area contributed by atoms with Gasteiger partial charge in [-0.1, -0.05) is 24.3 Å². The Labute approximate surface area is 149 Å². The van der Waals surface area contributed by atoms with E-state index in [0.29, 0.717) is 22.8 Å². The highest BCUT2D eigenvalue weighted by atomic mass is 16.5. The van der Waals surface area contributed by atoms with Gasteiger partial charge in [0.2, 0.25) is 0 Å². The first-order valence-corrected chi connectivity index (χ1v) is 8.04. The second-order valence-corrected chi connectivity index (χ2v) is 5.62. The quantitative estimate of drug-likeness (QED) is 0.413. The Morgan fingerprint density at radius 1 is 1.12 bits per heavy atom. The number of aromatic nitrogens is 3. The summed E-state index contributed by atoms with van der Waals surface area (Å²) in [7, 11) is 1.35. The van der Waals surface area contributed by atoms with Crippen LogP contribution in [0.2, 0.25) is 0 Å². The number of benzene rings is 1. The Kier molecular flexibility index (Phi) is 4.10. The van der Waals surface area contributed by atoms with Crippen LogP contribution in [0, 0.1) is 0 Å². The number of rotatable bonds is 4. The molecule has 0 saturated carbocycles. The molecule has 0 fully saturated rings. The number of carbonyl (C=O) groups is 1. The first-order valence-electron chi connectivity index (χ1n) is 8.04. The van der Waals surface area contributed by atoms with Crippen molar-refractivity contribution >= 4 is 34.0 Å². The van der Waals surface area contributed by atoms with Crippen LogP contribution in [0.3, 0.4) is 0 Å². The van der Waals surface area contributed by atoms with Gasteiger partial charge in [0.05, 0.1) is 24.7 Å². The molecule has 0 bridgehead atoms. The maximum atomic E-state index is 11.7. The predicted octanol–water partition coefficient (Wildman–Crippen LogP) is 4.01. The van der Waals surface area contributed by atoms with Crippen LogP contribution in [0.15, 0.2) is 71.2 Å². The molecule has 3 heterocycles. The zero-order valence-electron chi connectivity index (χ0n) is 14.0. The van der Waals surface area contributed by atoms with Crippen LogP contribution in [0.25, 0.3) is 16.6 Å². The number of imidazole rings is 1. The van der Waals surface area contributed by atoms with Crippen molar-refractivity contribution in [1.29, 1.82) is 0 Å². The molecule has 3 aromatic heterocycles. The molecule has 0 atom stereocenters. The molecule has 0 saturated heterocycles. The lowest BCUT2D eigenvalue weighted by Crippen LogP contribution is -2.04. The molecule has 0 aliphatic heterocycles. The van der Waals surface area contributed by atoms with E-state index in [0.717, 1.165) is 10.9 Å². The lowest BCUT2D eigenvalue weighted by molar-refractivity contribution is -0.139. The number of esters is 1. The van der Waals surface area contributed by atoms with Crippen molar-refractivity contribution in [3.63, 3.8) is 0 Å². The number of carbonyl (C=O) groups excluding carboxylic acids is 1. The fraction of sp³-hybridized carbons (Fsp3) is 0.105. The highest BCUT2D eigenvalue weighted by molar-refractivity contribution is 5.88. The van der Waals surface area contributed by atoms with E-state index in [9.17, 15) is 4.79 Å². The van der Waals surface area contributed by atoms with Crippen LogP contribution in [0.1, 0.15) is 5.69 Å². The molecule has 128 valence electrons. The molecule has 26 heavy (non-hydrogen) atoms. The highest BCUT2D eigenvalue weighted by Gasteiger charge is 2.15. The molecule has 7 heteroatoms. The smallest absolute Gasteiger partial charge is 0.311 e. The summed E-state index contributed by atoms with van der Waals surface area (Å²) in [6.07, 6.45) is 3.58. The normalized spacial score (nSPS) is 11.4. The van der Waals surface area contributed by atoms with Gasteiger partial charge in [-0.15, -0.1) is 10.2 Å². The van der Waals surface area contributed by atoms with Crippen molar-refractivity contribution in [1.82, 2.24) is 14.4 Å². The van der Waals surface area contributed by atoms with Gasteiger partial charge in [-0.25, -0.2) is 4.98 Å². The van der Waals surface area contributed by atoms with Gasteiger partial charge >= 0.3 is 5.97 Å². The van der Waals surface area contributed by atoms with E-state index in [1.165, 1.54) is 7.11 Å². The fourth-order valence-corrected chi connectivity index (χ4v) is 2.73. The summed E-state index contributed by atoms with van der Waals surface area (Å²) in [6.45, 7) is 0. The van der Waals surface area contributed by atoms with E-state index in [1.807, 2.05) is 54.7 Å². The Hall–Kier alpha value is -3.61. The average molecular weight is 345 g/mol. The minimum absolute atomic E-state index is 0.0281. The summed E-state index contributed by atoms with van der Waals surface area (Å²) < 4.78 is 6.55. The third-order valence-electron chi connectivity index (χ3n) is 3.98. The lowest BCUT2D eigenvalue weighted by Gasteiger charge is -2.01. The summed E-state index contributed by atoms with van der Waals surface area (Å²) in [5.41, 5.74) is 2.62. The van der Waals surface area contributed by atoms with E-state index in [-0.39, 0.29) is 12.4 Å². The van der Waals surface area contributed by atoms with Gasteiger partial charge in [0, 0.05) is 17.8 Å². The van der Waals surface area contributed by atoms with Crippen molar-refractivity contribution in [2.75, 3.05) is 7.11 Å². The van der Waals surface area contributed by atoms with Crippen molar-refractivity contribution in [3.05, 3.63) is 66.6 Å². The monoisotopic (exact) mass is 345 g/mol. The Morgan fingerprint density at radius 2 is 2.00 bits per heavy atom. The summed E-state index contributed by atoms with van der Waals surface area (Å²) in [6, 6.07) is 15.2. The van der Waals surface area contributed by atoms with E-state index >= 15 is 0 Å². The van der Waals surface area contributed by atoms with Crippen LogP contribution in [-0.2, 0) is 16.0 Å². The first-order chi connectivity index (χ1) is 12.8. The van der Waals surface area contributed by atoms with Gasteiger partial charge in [0.25, 0.3) is 0 Å². The van der Waals surface area contributed by atoms with Crippen LogP contribution in [0.4, 0.5) is 11.5 Å². The Bertz CT molecular complexity index is 1130. The summed E-state index contributed by atoms with van der Waals surface area (Å²) >= 11 is 0. The molecule has 1 aromatic carbocycles. The average Bonchev–Trinajstić information content (AvgIpc) is 3.03. The molecule has 0 unspecified atom stereocenters. The van der Waals surface area contributed by atoms with Crippen molar-refractivity contribution in [3.8, 4) is 0 Å². The summed E-state index contributed by atoms with van der Waals surface area (Å²) in [4.78, 5) is 20.6. The lowest BCUT2D eigenvalue weighted by atomic mass is 10.2. The maximum Gasteiger partial charge on any atom is 0.311 e. The number of para-hydroxylation sites is 1. The Balaban J connectivity index is 1.81. The minimum atomic E-state index is -0.378. The number of ether oxygens (including phenoxy) is 1. The molecule has 0 aliphatic carbocycles. The second-order valence-electron chi connectivity index (χ2n) is 5.62. The van der Waals surface area contributed by atoms with Gasteiger partial charge in [-0.3, -0.25) is 14.2 Å². The zero-order valence-corrected chi connectivity index (χ0v) is 14.0. The first kappa shape index (κ1) is 15.9. The molecule has 0 aliphatic rings. The van der Waals surface area contributed by atoms with Crippen LogP contribution in [-0.4, -0.2) is 27.4 Å². The number of fused-ring (bicyclic) bond motifs is 2. The number of azo groups is 1. The van der Waals surface area contributed by atoms with Crippen molar-refractivity contribution in [2.45, 2.75) is 6.42 Å². The minimum Gasteiger partial charge on any atom is -0.469 e. The van der Waals surface area contributed by atoms with E-state index in [2.05, 4.69) is 20.2 Å². The molecular weight excluding hydrogens is 330 g/mol. The standard InChI is InChI=1S/C19H15N5O2/c1-26-17(25)12-15-19(24-11-3-2-9-16(24)21-15)23-22-14-8-4-6-13-7-5-10-20-18(13)14/h2-11H,12H2,1H3. The van der Waals surface area contributed by atoms with Crippen molar-refractivity contribution in [2.24, 2.45) is 10.2 Å². The maximum absolute atomic E-state index is 11.7. The van der Waals surface area contributed by atoms with E-state index in [4.69, 9.17) is 4.74 Å². The predicted molar refractivity (Wildman–Crippen MR) is 96.8 cm³/mol. The molecule has 0 amide bonds. The van der Waals surface area contributed by atoms with Gasteiger partial charge in [0.1, 0.15) is 11.3 Å². The molecular formula is C19H15N5O2. The topological polar surface area (TPSA) is 81.2 Å². The molecule has 4 aromatic rings. The molecule has 7 nitrogen and oxygen atoms in total. The summed E-state index contributed by atoms with van der Waals surface area (Å²) in [5, 5.41) is 9.73. The molecule has 4 rings (SSSR count). The van der Waals surface area contributed by atoms with Crippen molar-refractivity contribution < 1.29 is 9.53 Å². The van der Waals surface area contributed by atoms with Gasteiger partial charge in [-0.2, -0.15) is 0 Å². The van der Waals surface area contributed by atoms with Crippen LogP contribution in [0.5, 0.6) is 0 Å².